The summed E-state index contributed by atoms with van der Waals surface area (Å²) in [6.45, 7) is 2.13. The summed E-state index contributed by atoms with van der Waals surface area (Å²) in [6.07, 6.45) is 11.9. The molecule has 0 bridgehead atoms. The number of amides is 1. The number of imidazole rings is 1. The third kappa shape index (κ3) is 3.70. The van der Waals surface area contributed by atoms with Gasteiger partial charge in [-0.2, -0.15) is 0 Å². The lowest BCUT2D eigenvalue weighted by Crippen LogP contribution is -2.25. The Bertz CT molecular complexity index is 973. The lowest BCUT2D eigenvalue weighted by Gasteiger charge is -2.12. The normalized spacial score (nSPS) is 15.8. The predicted octanol–water partition coefficient (Wildman–Crippen LogP) is 4.25. The molecule has 27 heavy (non-hydrogen) atoms. The third-order valence-corrected chi connectivity index (χ3v) is 5.14. The number of carbonyl (C=O) groups excluding carboxylic acids is 1. The van der Waals surface area contributed by atoms with E-state index in [9.17, 15) is 4.79 Å². The van der Waals surface area contributed by atoms with Crippen LogP contribution in [-0.4, -0.2) is 15.5 Å². The maximum Gasteiger partial charge on any atom is 0.244 e. The van der Waals surface area contributed by atoms with E-state index in [1.807, 2.05) is 29.0 Å². The summed E-state index contributed by atoms with van der Waals surface area (Å²) in [4.78, 5) is 16.5. The van der Waals surface area contributed by atoms with Crippen LogP contribution in [0.4, 0.5) is 0 Å². The Balaban J connectivity index is 1.46. The molecule has 0 spiro atoms. The van der Waals surface area contributed by atoms with Gasteiger partial charge in [-0.15, -0.1) is 0 Å². The Morgan fingerprint density at radius 2 is 2.19 bits per heavy atom. The van der Waals surface area contributed by atoms with Crippen molar-refractivity contribution < 1.29 is 4.79 Å². The third-order valence-electron chi connectivity index (χ3n) is 5.14. The van der Waals surface area contributed by atoms with Gasteiger partial charge in [0.05, 0.1) is 12.4 Å². The molecule has 1 heterocycles. The van der Waals surface area contributed by atoms with Crippen LogP contribution in [-0.2, 0) is 17.6 Å². The van der Waals surface area contributed by atoms with E-state index in [0.717, 1.165) is 30.5 Å². The predicted molar refractivity (Wildman–Crippen MR) is 108 cm³/mol. The van der Waals surface area contributed by atoms with Gasteiger partial charge in [0.1, 0.15) is 0 Å². The van der Waals surface area contributed by atoms with Crippen molar-refractivity contribution in [2.45, 2.75) is 32.2 Å². The SMILES string of the molecule is CCc1cc(/C=C/C(=O)NC2CCc3ccccc32)ccc1-n1ccnc1. The number of fused-ring (bicyclic) bond motifs is 1. The highest BCUT2D eigenvalue weighted by Gasteiger charge is 2.22. The van der Waals surface area contributed by atoms with Crippen LogP contribution < -0.4 is 5.32 Å². The molecule has 136 valence electrons. The van der Waals surface area contributed by atoms with Gasteiger partial charge in [-0.3, -0.25) is 4.79 Å². The second-order valence-corrected chi connectivity index (χ2v) is 6.84. The Kier molecular flexibility index (Phi) is 4.88. The number of nitrogens with one attached hydrogen (secondary N) is 1. The maximum absolute atomic E-state index is 12.4. The van der Waals surface area contributed by atoms with Crippen molar-refractivity contribution in [2.75, 3.05) is 0 Å². The molecule has 1 amide bonds. The van der Waals surface area contributed by atoms with E-state index in [1.54, 1.807) is 18.6 Å². The van der Waals surface area contributed by atoms with E-state index in [-0.39, 0.29) is 11.9 Å². The van der Waals surface area contributed by atoms with Crippen LogP contribution >= 0.6 is 0 Å². The Labute approximate surface area is 159 Å². The zero-order valence-corrected chi connectivity index (χ0v) is 15.4. The number of benzene rings is 2. The van der Waals surface area contributed by atoms with E-state index in [2.05, 4.69) is 47.6 Å². The van der Waals surface area contributed by atoms with Crippen molar-refractivity contribution in [3.8, 4) is 5.69 Å². The van der Waals surface area contributed by atoms with Crippen molar-refractivity contribution in [2.24, 2.45) is 0 Å². The summed E-state index contributed by atoms with van der Waals surface area (Å²) in [6, 6.07) is 14.7. The second-order valence-electron chi connectivity index (χ2n) is 6.84. The van der Waals surface area contributed by atoms with E-state index in [0.29, 0.717) is 0 Å². The molecule has 0 fully saturated rings. The standard InChI is InChI=1S/C23H23N3O/c1-2-18-15-17(7-11-22(18)26-14-13-24-16-26)8-12-23(27)25-21-10-9-19-5-3-4-6-20(19)21/h3-8,11-16,21H,2,9-10H2,1H3,(H,25,27)/b12-8+. The molecule has 1 aliphatic rings. The van der Waals surface area contributed by atoms with Gasteiger partial charge < -0.3 is 9.88 Å². The fourth-order valence-electron chi connectivity index (χ4n) is 3.74. The molecule has 3 aromatic rings. The van der Waals surface area contributed by atoms with E-state index < -0.39 is 0 Å². The zero-order valence-electron chi connectivity index (χ0n) is 15.4. The number of nitrogens with zero attached hydrogens (tertiary/aromatic N) is 2. The van der Waals surface area contributed by atoms with Gasteiger partial charge in [0.15, 0.2) is 0 Å². The molecule has 0 radical (unpaired) electrons. The van der Waals surface area contributed by atoms with Crippen LogP contribution in [0.2, 0.25) is 0 Å². The lowest BCUT2D eigenvalue weighted by molar-refractivity contribution is -0.117. The highest BCUT2D eigenvalue weighted by Crippen LogP contribution is 2.30. The molecule has 4 nitrogen and oxygen atoms in total. The number of rotatable bonds is 5. The number of aryl methyl sites for hydroxylation is 2. The van der Waals surface area contributed by atoms with Gasteiger partial charge >= 0.3 is 0 Å². The summed E-state index contributed by atoms with van der Waals surface area (Å²) in [5.74, 6) is -0.0477. The van der Waals surface area contributed by atoms with E-state index >= 15 is 0 Å². The molecule has 2 aromatic carbocycles. The fraction of sp³-hybridized carbons (Fsp3) is 0.217. The molecule has 1 unspecified atom stereocenters. The average molecular weight is 357 g/mol. The quantitative estimate of drug-likeness (QED) is 0.694. The first-order valence-corrected chi connectivity index (χ1v) is 9.42. The molecular formula is C23H23N3O. The minimum Gasteiger partial charge on any atom is -0.346 e. The van der Waals surface area contributed by atoms with Crippen LogP contribution in [0, 0.1) is 0 Å². The summed E-state index contributed by atoms with van der Waals surface area (Å²) in [5, 5.41) is 3.13. The highest BCUT2D eigenvalue weighted by molar-refractivity contribution is 5.92. The largest absolute Gasteiger partial charge is 0.346 e. The minimum atomic E-state index is -0.0477. The van der Waals surface area contributed by atoms with Crippen molar-refractivity contribution in [3.05, 3.63) is 89.5 Å². The molecule has 4 heteroatoms. The first-order chi connectivity index (χ1) is 13.2. The molecule has 1 aliphatic carbocycles. The molecule has 0 saturated carbocycles. The maximum atomic E-state index is 12.4. The lowest BCUT2D eigenvalue weighted by atomic mass is 10.1. The zero-order chi connectivity index (χ0) is 18.6. The van der Waals surface area contributed by atoms with Gasteiger partial charge in [0, 0.05) is 24.2 Å². The highest BCUT2D eigenvalue weighted by atomic mass is 16.1. The van der Waals surface area contributed by atoms with E-state index in [4.69, 9.17) is 0 Å². The van der Waals surface area contributed by atoms with Crippen molar-refractivity contribution in [1.29, 1.82) is 0 Å². The minimum absolute atomic E-state index is 0.0477. The van der Waals surface area contributed by atoms with Crippen molar-refractivity contribution >= 4 is 12.0 Å². The molecule has 0 saturated heterocycles. The number of hydrogen-bond acceptors (Lipinski definition) is 2. The van der Waals surface area contributed by atoms with Crippen LogP contribution in [0.3, 0.4) is 0 Å². The Morgan fingerprint density at radius 3 is 3.00 bits per heavy atom. The molecular weight excluding hydrogens is 334 g/mol. The van der Waals surface area contributed by atoms with Crippen LogP contribution in [0.25, 0.3) is 11.8 Å². The first-order valence-electron chi connectivity index (χ1n) is 9.42. The van der Waals surface area contributed by atoms with Crippen molar-refractivity contribution in [1.82, 2.24) is 14.9 Å². The molecule has 1 aromatic heterocycles. The summed E-state index contributed by atoms with van der Waals surface area (Å²) >= 11 is 0. The summed E-state index contributed by atoms with van der Waals surface area (Å²) < 4.78 is 2.01. The van der Waals surface area contributed by atoms with Crippen LogP contribution in [0.5, 0.6) is 0 Å². The topological polar surface area (TPSA) is 46.9 Å². The number of aromatic nitrogens is 2. The molecule has 1 N–H and O–H groups in total. The summed E-state index contributed by atoms with van der Waals surface area (Å²) in [5.41, 5.74) is 5.96. The Morgan fingerprint density at radius 1 is 1.30 bits per heavy atom. The number of hydrogen-bond donors (Lipinski definition) is 1. The Hall–Kier alpha value is -3.14. The molecule has 0 aliphatic heterocycles. The number of carbonyl (C=O) groups is 1. The van der Waals surface area contributed by atoms with Gasteiger partial charge in [0.2, 0.25) is 5.91 Å². The van der Waals surface area contributed by atoms with E-state index in [1.165, 1.54) is 16.7 Å². The molecule has 1 atom stereocenters. The smallest absolute Gasteiger partial charge is 0.244 e. The van der Waals surface area contributed by atoms with Gasteiger partial charge in [0.25, 0.3) is 0 Å². The first kappa shape index (κ1) is 17.3. The second kappa shape index (κ2) is 7.62. The van der Waals surface area contributed by atoms with Crippen molar-refractivity contribution in [3.63, 3.8) is 0 Å². The monoisotopic (exact) mass is 357 g/mol. The fourth-order valence-corrected chi connectivity index (χ4v) is 3.74. The summed E-state index contributed by atoms with van der Waals surface area (Å²) in [7, 11) is 0. The van der Waals surface area contributed by atoms with Gasteiger partial charge in [-0.1, -0.05) is 37.3 Å². The van der Waals surface area contributed by atoms with Gasteiger partial charge in [-0.25, -0.2) is 4.98 Å². The average Bonchev–Trinajstić information content (AvgIpc) is 3.37. The van der Waals surface area contributed by atoms with Crippen LogP contribution in [0.1, 0.15) is 41.6 Å². The van der Waals surface area contributed by atoms with Crippen LogP contribution in [0.15, 0.2) is 67.3 Å². The van der Waals surface area contributed by atoms with Gasteiger partial charge in [-0.05, 0) is 59.7 Å². The molecule has 4 rings (SSSR count).